The third kappa shape index (κ3) is 2.46. The molecule has 0 aromatic carbocycles. The van der Waals surface area contributed by atoms with Crippen LogP contribution in [0.5, 0.6) is 0 Å². The molecule has 0 amide bonds. The Bertz CT molecular complexity index is 1160. The van der Waals surface area contributed by atoms with E-state index < -0.39 is 15.5 Å². The molecule has 1 unspecified atom stereocenters. The smallest absolute Gasteiger partial charge is 0.141 e. The fourth-order valence-electron chi connectivity index (χ4n) is 3.69. The second-order valence-electron chi connectivity index (χ2n) is 7.26. The van der Waals surface area contributed by atoms with Crippen LogP contribution in [0, 0.1) is 16.1 Å². The molecule has 1 aliphatic carbocycles. The Morgan fingerprint density at radius 3 is 2.96 bits per heavy atom. The number of rotatable bonds is 5. The number of aromatic amines is 1. The van der Waals surface area contributed by atoms with E-state index >= 15 is 0 Å². The van der Waals surface area contributed by atoms with Gasteiger partial charge in [-0.3, -0.25) is 4.68 Å². The molecule has 9 nitrogen and oxygen atoms in total. The maximum atomic E-state index is 12.7. The van der Waals surface area contributed by atoms with E-state index in [1.807, 2.05) is 18.5 Å². The summed E-state index contributed by atoms with van der Waals surface area (Å²) in [6.07, 6.45) is 8.91. The van der Waals surface area contributed by atoms with Gasteiger partial charge in [-0.25, -0.2) is 23.3 Å². The van der Waals surface area contributed by atoms with Crippen LogP contribution < -0.4 is 0 Å². The minimum Gasteiger partial charge on any atom is -0.346 e. The molecule has 1 atom stereocenters. The standard InChI is InChI=1S/C17H18N8OS/c18-5-4-17(9-24(10-17)27(19,26)13-1-2-13)25-8-12(7-23-25)15-14-3-6-20-16(14)22-11-21-15/h3,6-8,11,13,19H,1-2,4,9-10H2,(H,20,21,22). The highest BCUT2D eigenvalue weighted by molar-refractivity contribution is 7.91. The molecule has 0 spiro atoms. The lowest BCUT2D eigenvalue weighted by molar-refractivity contribution is 0.0745. The van der Waals surface area contributed by atoms with Crippen LogP contribution in [-0.4, -0.2) is 51.6 Å². The molecule has 3 aromatic rings. The predicted molar refractivity (Wildman–Crippen MR) is 98.8 cm³/mol. The Hall–Kier alpha value is -2.77. The predicted octanol–water partition coefficient (Wildman–Crippen LogP) is 1.87. The Labute approximate surface area is 156 Å². The van der Waals surface area contributed by atoms with Crippen LogP contribution in [0.2, 0.25) is 0 Å². The van der Waals surface area contributed by atoms with Crippen LogP contribution in [-0.2, 0) is 15.5 Å². The maximum Gasteiger partial charge on any atom is 0.141 e. The number of aromatic nitrogens is 5. The first kappa shape index (κ1) is 16.4. The van der Waals surface area contributed by atoms with Gasteiger partial charge in [0.15, 0.2) is 0 Å². The number of nitrogens with zero attached hydrogens (tertiary/aromatic N) is 6. The molecular weight excluding hydrogens is 364 g/mol. The van der Waals surface area contributed by atoms with Crippen molar-refractivity contribution >= 4 is 20.9 Å². The van der Waals surface area contributed by atoms with Crippen molar-refractivity contribution in [3.63, 3.8) is 0 Å². The largest absolute Gasteiger partial charge is 0.346 e. The zero-order valence-electron chi connectivity index (χ0n) is 14.5. The number of nitriles is 1. The van der Waals surface area contributed by atoms with Crippen molar-refractivity contribution in [2.75, 3.05) is 13.1 Å². The van der Waals surface area contributed by atoms with Gasteiger partial charge in [-0.1, -0.05) is 0 Å². The van der Waals surface area contributed by atoms with E-state index in [0.717, 1.165) is 35.1 Å². The van der Waals surface area contributed by atoms with Gasteiger partial charge < -0.3 is 4.98 Å². The Morgan fingerprint density at radius 2 is 2.22 bits per heavy atom. The Kier molecular flexibility index (Phi) is 3.41. The normalized spacial score (nSPS) is 21.4. The molecule has 2 fully saturated rings. The molecule has 0 radical (unpaired) electrons. The first-order valence-corrected chi connectivity index (χ1v) is 10.3. The first-order valence-electron chi connectivity index (χ1n) is 8.77. The Morgan fingerprint density at radius 1 is 1.41 bits per heavy atom. The minimum atomic E-state index is -2.73. The second-order valence-corrected chi connectivity index (χ2v) is 9.58. The Balaban J connectivity index is 1.47. The topological polar surface area (TPSA) is 127 Å². The van der Waals surface area contributed by atoms with E-state index in [1.165, 1.54) is 6.33 Å². The van der Waals surface area contributed by atoms with Crippen LogP contribution in [0.3, 0.4) is 0 Å². The number of fused-ring (bicyclic) bond motifs is 1. The molecule has 3 aromatic heterocycles. The molecule has 5 rings (SSSR count). The molecular formula is C17H18N8OS. The van der Waals surface area contributed by atoms with E-state index in [-0.39, 0.29) is 11.7 Å². The fraction of sp³-hybridized carbons (Fsp3) is 0.412. The zero-order chi connectivity index (χ0) is 18.6. The van der Waals surface area contributed by atoms with Crippen molar-refractivity contribution in [1.82, 2.24) is 29.0 Å². The van der Waals surface area contributed by atoms with Gasteiger partial charge in [0.25, 0.3) is 0 Å². The van der Waals surface area contributed by atoms with Gasteiger partial charge in [0.2, 0.25) is 0 Å². The highest BCUT2D eigenvalue weighted by Gasteiger charge is 2.52. The lowest BCUT2D eigenvalue weighted by atomic mass is 9.89. The van der Waals surface area contributed by atoms with E-state index in [9.17, 15) is 9.47 Å². The number of H-pyrrole nitrogens is 1. The molecule has 2 N–H and O–H groups in total. The molecule has 27 heavy (non-hydrogen) atoms. The second kappa shape index (κ2) is 5.61. The fourth-order valence-corrected chi connectivity index (χ4v) is 5.75. The summed E-state index contributed by atoms with van der Waals surface area (Å²) in [5.74, 6) is 0. The van der Waals surface area contributed by atoms with Crippen molar-refractivity contribution in [2.45, 2.75) is 30.1 Å². The van der Waals surface area contributed by atoms with Crippen molar-refractivity contribution < 1.29 is 4.21 Å². The molecule has 138 valence electrons. The number of hydrogen-bond donors (Lipinski definition) is 2. The summed E-state index contributed by atoms with van der Waals surface area (Å²) in [5, 5.41) is 14.7. The van der Waals surface area contributed by atoms with Crippen LogP contribution in [0.15, 0.2) is 31.0 Å². The van der Waals surface area contributed by atoms with Gasteiger partial charge >= 0.3 is 0 Å². The van der Waals surface area contributed by atoms with E-state index in [0.29, 0.717) is 13.1 Å². The summed E-state index contributed by atoms with van der Waals surface area (Å²) in [6.45, 7) is 0.813. The van der Waals surface area contributed by atoms with Gasteiger partial charge in [0.05, 0.1) is 29.6 Å². The lowest BCUT2D eigenvalue weighted by Gasteiger charge is -2.49. The van der Waals surface area contributed by atoms with Gasteiger partial charge in [-0.2, -0.15) is 10.4 Å². The van der Waals surface area contributed by atoms with E-state index in [1.54, 1.807) is 15.2 Å². The van der Waals surface area contributed by atoms with Crippen LogP contribution >= 0.6 is 0 Å². The molecule has 2 aliphatic rings. The average molecular weight is 382 g/mol. The van der Waals surface area contributed by atoms with E-state index in [4.69, 9.17) is 4.78 Å². The van der Waals surface area contributed by atoms with Gasteiger partial charge in [-0.15, -0.1) is 0 Å². The van der Waals surface area contributed by atoms with Crippen molar-refractivity contribution in [1.29, 1.82) is 10.0 Å². The van der Waals surface area contributed by atoms with Gasteiger partial charge in [-0.05, 0) is 18.9 Å². The third-order valence-corrected chi connectivity index (χ3v) is 7.81. The number of hydrogen-bond acceptors (Lipinski definition) is 6. The van der Waals surface area contributed by atoms with E-state index in [2.05, 4.69) is 26.1 Å². The lowest BCUT2D eigenvalue weighted by Crippen LogP contribution is -2.64. The maximum absolute atomic E-state index is 12.7. The summed E-state index contributed by atoms with van der Waals surface area (Å²) in [6, 6.07) is 4.15. The van der Waals surface area contributed by atoms with Crippen LogP contribution in [0.1, 0.15) is 19.3 Å². The first-order chi connectivity index (χ1) is 13.0. The molecule has 1 saturated heterocycles. The summed E-state index contributed by atoms with van der Waals surface area (Å²) in [5.41, 5.74) is 1.83. The van der Waals surface area contributed by atoms with Gasteiger partial charge in [0, 0.05) is 36.4 Å². The SMILES string of the molecule is N#CCC1(n2cc(-c3ncnc4[nH]ccc34)cn2)CN(S(=N)(=O)C2CC2)C1. The highest BCUT2D eigenvalue weighted by atomic mass is 32.2. The van der Waals surface area contributed by atoms with Gasteiger partial charge in [0.1, 0.15) is 27.4 Å². The summed E-state index contributed by atoms with van der Waals surface area (Å²) >= 11 is 0. The molecule has 4 heterocycles. The van der Waals surface area contributed by atoms with Crippen molar-refractivity contribution in [3.8, 4) is 17.3 Å². The molecule has 10 heteroatoms. The minimum absolute atomic E-state index is 0.0198. The van der Waals surface area contributed by atoms with Crippen molar-refractivity contribution in [3.05, 3.63) is 31.0 Å². The average Bonchev–Trinajstić information content (AvgIpc) is 3.19. The monoisotopic (exact) mass is 382 g/mol. The summed E-state index contributed by atoms with van der Waals surface area (Å²) in [7, 11) is -2.73. The highest BCUT2D eigenvalue weighted by Crippen LogP contribution is 2.40. The third-order valence-electron chi connectivity index (χ3n) is 5.41. The quantitative estimate of drug-likeness (QED) is 0.696. The summed E-state index contributed by atoms with van der Waals surface area (Å²) in [4.78, 5) is 11.7. The molecule has 1 saturated carbocycles. The molecule has 1 aliphatic heterocycles. The molecule has 0 bridgehead atoms. The van der Waals surface area contributed by atoms with Crippen molar-refractivity contribution in [2.24, 2.45) is 0 Å². The number of nitrogens with one attached hydrogen (secondary N) is 2. The zero-order valence-corrected chi connectivity index (χ0v) is 15.3. The van der Waals surface area contributed by atoms with Crippen LogP contribution in [0.25, 0.3) is 22.3 Å². The van der Waals surface area contributed by atoms with Crippen LogP contribution in [0.4, 0.5) is 0 Å². The summed E-state index contributed by atoms with van der Waals surface area (Å²) < 4.78 is 24.4.